The van der Waals surface area contributed by atoms with Crippen LogP contribution in [0.5, 0.6) is 0 Å². The van der Waals surface area contributed by atoms with E-state index in [1.54, 1.807) is 0 Å². The maximum Gasteiger partial charge on any atom is 0.330 e. The van der Waals surface area contributed by atoms with Crippen molar-refractivity contribution in [2.24, 2.45) is 5.73 Å². The number of aliphatic hydroxyl groups is 2. The van der Waals surface area contributed by atoms with Gasteiger partial charge in [0.25, 0.3) is 5.56 Å². The normalized spacial score (nSPS) is 25.2. The number of aliphatic hydroxyl groups excluding tert-OH is 2. The molecule has 1 aliphatic rings. The second-order valence-corrected chi connectivity index (χ2v) is 4.33. The average molecular weight is 281 g/mol. The van der Waals surface area contributed by atoms with Gasteiger partial charge < -0.3 is 20.7 Å². The van der Waals surface area contributed by atoms with Crippen LogP contribution in [-0.2, 0) is 4.74 Å². The number of hydrogen-bond donors (Lipinski definition) is 4. The highest BCUT2D eigenvalue weighted by atomic mass is 16.5. The monoisotopic (exact) mass is 281 g/mol. The molecule has 0 saturated carbocycles. The number of rotatable bonds is 2. The molecule has 3 atom stereocenters. The molecule has 2 rings (SSSR count). The smallest absolute Gasteiger partial charge is 0.330 e. The van der Waals surface area contributed by atoms with Crippen LogP contribution in [-0.4, -0.2) is 45.1 Å². The summed E-state index contributed by atoms with van der Waals surface area (Å²) in [6.45, 7) is -0.264. The number of aromatic amines is 1. The SMILES string of the molecule is NCC#Cc1cn([C@H]2C[C@H](O)[C@@H](CO)O2)c(=O)[nH]c1=O. The molecule has 20 heavy (non-hydrogen) atoms. The molecule has 0 radical (unpaired) electrons. The molecule has 8 heteroatoms. The molecule has 1 aromatic heterocycles. The molecule has 0 spiro atoms. The van der Waals surface area contributed by atoms with E-state index in [0.29, 0.717) is 0 Å². The maximum atomic E-state index is 11.8. The zero-order chi connectivity index (χ0) is 14.7. The fourth-order valence-corrected chi connectivity index (χ4v) is 1.98. The lowest BCUT2D eigenvalue weighted by molar-refractivity contribution is -0.0459. The molecule has 0 aromatic carbocycles. The van der Waals surface area contributed by atoms with Gasteiger partial charge in [0.15, 0.2) is 0 Å². The first-order valence-electron chi connectivity index (χ1n) is 6.05. The zero-order valence-electron chi connectivity index (χ0n) is 10.6. The molecule has 1 aromatic rings. The van der Waals surface area contributed by atoms with Crippen molar-refractivity contribution in [2.45, 2.75) is 24.9 Å². The maximum absolute atomic E-state index is 11.8. The lowest BCUT2D eigenvalue weighted by Crippen LogP contribution is -2.33. The number of nitrogens with two attached hydrogens (primary N) is 1. The van der Waals surface area contributed by atoms with Crippen molar-refractivity contribution in [1.29, 1.82) is 0 Å². The summed E-state index contributed by atoms with van der Waals surface area (Å²) >= 11 is 0. The van der Waals surface area contributed by atoms with Crippen LogP contribution in [0.2, 0.25) is 0 Å². The van der Waals surface area contributed by atoms with Crippen LogP contribution in [0.25, 0.3) is 0 Å². The first-order chi connectivity index (χ1) is 9.56. The van der Waals surface area contributed by atoms with Crippen molar-refractivity contribution in [3.05, 3.63) is 32.6 Å². The van der Waals surface area contributed by atoms with E-state index < -0.39 is 29.7 Å². The van der Waals surface area contributed by atoms with Gasteiger partial charge in [-0.15, -0.1) is 0 Å². The van der Waals surface area contributed by atoms with Gasteiger partial charge in [-0.25, -0.2) is 4.79 Å². The molecular weight excluding hydrogens is 266 g/mol. The van der Waals surface area contributed by atoms with Crippen molar-refractivity contribution in [2.75, 3.05) is 13.2 Å². The summed E-state index contributed by atoms with van der Waals surface area (Å²) in [7, 11) is 0. The summed E-state index contributed by atoms with van der Waals surface area (Å²) in [6.07, 6.45) is -0.980. The molecule has 1 aliphatic heterocycles. The average Bonchev–Trinajstić information content (AvgIpc) is 2.79. The Morgan fingerprint density at radius 1 is 1.55 bits per heavy atom. The lowest BCUT2D eigenvalue weighted by Gasteiger charge is -2.14. The molecule has 2 heterocycles. The van der Waals surface area contributed by atoms with Crippen molar-refractivity contribution < 1.29 is 14.9 Å². The van der Waals surface area contributed by atoms with Crippen molar-refractivity contribution in [1.82, 2.24) is 9.55 Å². The Morgan fingerprint density at radius 2 is 2.30 bits per heavy atom. The Kier molecular flexibility index (Phi) is 4.36. The van der Waals surface area contributed by atoms with Crippen molar-refractivity contribution in [3.8, 4) is 11.8 Å². The van der Waals surface area contributed by atoms with E-state index >= 15 is 0 Å². The second kappa shape index (κ2) is 6.02. The Morgan fingerprint density at radius 3 is 2.90 bits per heavy atom. The zero-order valence-corrected chi connectivity index (χ0v) is 10.6. The van der Waals surface area contributed by atoms with E-state index in [1.807, 2.05) is 0 Å². The Labute approximate surface area is 113 Å². The van der Waals surface area contributed by atoms with E-state index in [9.17, 15) is 14.7 Å². The number of hydrogen-bond acceptors (Lipinski definition) is 6. The van der Waals surface area contributed by atoms with Gasteiger partial charge in [0, 0.05) is 12.6 Å². The fourth-order valence-electron chi connectivity index (χ4n) is 1.98. The minimum absolute atomic E-state index is 0.0839. The van der Waals surface area contributed by atoms with Crippen molar-refractivity contribution >= 4 is 0 Å². The summed E-state index contributed by atoms with van der Waals surface area (Å²) in [5.74, 6) is 5.08. The van der Waals surface area contributed by atoms with Gasteiger partial charge in [-0.2, -0.15) is 0 Å². The summed E-state index contributed by atoms with van der Waals surface area (Å²) < 4.78 is 6.50. The summed E-state index contributed by atoms with van der Waals surface area (Å²) in [4.78, 5) is 25.4. The first-order valence-corrected chi connectivity index (χ1v) is 6.05. The van der Waals surface area contributed by atoms with Crippen LogP contribution in [0.1, 0.15) is 18.2 Å². The van der Waals surface area contributed by atoms with Gasteiger partial charge in [0.05, 0.1) is 19.3 Å². The van der Waals surface area contributed by atoms with Gasteiger partial charge in [0.2, 0.25) is 0 Å². The highest BCUT2D eigenvalue weighted by Gasteiger charge is 2.35. The third-order valence-electron chi connectivity index (χ3n) is 2.99. The first kappa shape index (κ1) is 14.5. The summed E-state index contributed by atoms with van der Waals surface area (Å²) in [5.41, 5.74) is 4.05. The van der Waals surface area contributed by atoms with Crippen LogP contribution < -0.4 is 17.0 Å². The molecule has 0 bridgehead atoms. The third-order valence-corrected chi connectivity index (χ3v) is 2.99. The molecule has 8 nitrogen and oxygen atoms in total. The number of nitrogens with one attached hydrogen (secondary N) is 1. The predicted molar refractivity (Wildman–Crippen MR) is 68.9 cm³/mol. The molecule has 108 valence electrons. The topological polar surface area (TPSA) is 131 Å². The summed E-state index contributed by atoms with van der Waals surface area (Å²) in [6, 6.07) is 0. The molecule has 1 saturated heterocycles. The summed E-state index contributed by atoms with van der Waals surface area (Å²) in [5, 5.41) is 18.7. The van der Waals surface area contributed by atoms with E-state index in [2.05, 4.69) is 16.8 Å². The molecule has 0 amide bonds. The highest BCUT2D eigenvalue weighted by Crippen LogP contribution is 2.27. The number of aromatic nitrogens is 2. The van der Waals surface area contributed by atoms with Crippen LogP contribution in [0.3, 0.4) is 0 Å². The minimum Gasteiger partial charge on any atom is -0.394 e. The van der Waals surface area contributed by atoms with E-state index in [4.69, 9.17) is 15.6 Å². The lowest BCUT2D eigenvalue weighted by atomic mass is 10.2. The van der Waals surface area contributed by atoms with E-state index in [1.165, 1.54) is 6.20 Å². The van der Waals surface area contributed by atoms with Crippen LogP contribution in [0, 0.1) is 11.8 Å². The standard InChI is InChI=1S/C12H15N3O5/c13-3-1-2-7-5-15(12(19)14-11(7)18)10-4-8(17)9(6-16)20-10/h5,8-10,16-17H,3-4,6,13H2,(H,14,18,19)/t8-,9+,10+/m0/s1. The molecule has 5 N–H and O–H groups in total. The third kappa shape index (κ3) is 2.81. The molecular formula is C12H15N3O5. The minimum atomic E-state index is -0.873. The van der Waals surface area contributed by atoms with E-state index in [-0.39, 0.29) is 25.1 Å². The van der Waals surface area contributed by atoms with Gasteiger partial charge in [-0.1, -0.05) is 11.8 Å². The molecule has 0 aliphatic carbocycles. The van der Waals surface area contributed by atoms with Gasteiger partial charge in [-0.05, 0) is 0 Å². The largest absolute Gasteiger partial charge is 0.394 e. The fraction of sp³-hybridized carbons (Fsp3) is 0.500. The number of H-pyrrole nitrogens is 1. The Hall–Kier alpha value is -1.92. The van der Waals surface area contributed by atoms with E-state index in [0.717, 1.165) is 4.57 Å². The Balaban J connectivity index is 2.38. The quantitative estimate of drug-likeness (QED) is 0.443. The van der Waals surface area contributed by atoms with Crippen LogP contribution in [0.4, 0.5) is 0 Å². The second-order valence-electron chi connectivity index (χ2n) is 4.33. The molecule has 0 unspecified atom stereocenters. The highest BCUT2D eigenvalue weighted by molar-refractivity contribution is 5.29. The van der Waals surface area contributed by atoms with Gasteiger partial charge in [0.1, 0.15) is 17.9 Å². The van der Waals surface area contributed by atoms with Crippen molar-refractivity contribution in [3.63, 3.8) is 0 Å². The molecule has 1 fully saturated rings. The van der Waals surface area contributed by atoms with Crippen LogP contribution in [0.15, 0.2) is 15.8 Å². The predicted octanol–water partition coefficient (Wildman–Crippen LogP) is -2.51. The number of nitrogens with zero attached hydrogens (tertiary/aromatic N) is 1. The van der Waals surface area contributed by atoms with Crippen LogP contribution >= 0.6 is 0 Å². The number of ether oxygens (including phenoxy) is 1. The Bertz CT molecular complexity index is 654. The van der Waals surface area contributed by atoms with Gasteiger partial charge >= 0.3 is 5.69 Å². The van der Waals surface area contributed by atoms with Gasteiger partial charge in [-0.3, -0.25) is 14.3 Å².